The molecule has 0 saturated carbocycles. The SMILES string of the molecule is CC(C)(C)C1=C(C(C)(C)C)C2C=CC=CC2N1. The summed E-state index contributed by atoms with van der Waals surface area (Å²) in [6.45, 7) is 13.9. The van der Waals surface area contributed by atoms with Gasteiger partial charge < -0.3 is 5.32 Å². The molecule has 0 bridgehead atoms. The largest absolute Gasteiger partial charge is 0.381 e. The molecule has 0 aromatic heterocycles. The highest BCUT2D eigenvalue weighted by Gasteiger charge is 2.41. The van der Waals surface area contributed by atoms with Crippen LogP contribution in [0.5, 0.6) is 0 Å². The van der Waals surface area contributed by atoms with Crippen LogP contribution in [0.2, 0.25) is 0 Å². The summed E-state index contributed by atoms with van der Waals surface area (Å²) in [5.41, 5.74) is 3.44. The Kier molecular flexibility index (Phi) is 2.76. The summed E-state index contributed by atoms with van der Waals surface area (Å²) < 4.78 is 0. The summed E-state index contributed by atoms with van der Waals surface area (Å²) in [5, 5.41) is 3.73. The minimum Gasteiger partial charge on any atom is -0.381 e. The van der Waals surface area contributed by atoms with Gasteiger partial charge in [-0.2, -0.15) is 0 Å². The molecule has 1 nitrogen and oxygen atoms in total. The molecule has 1 heterocycles. The van der Waals surface area contributed by atoms with Crippen molar-refractivity contribution in [3.63, 3.8) is 0 Å². The van der Waals surface area contributed by atoms with E-state index in [1.54, 1.807) is 5.57 Å². The molecule has 0 amide bonds. The Morgan fingerprint density at radius 3 is 2.00 bits per heavy atom. The molecule has 1 N–H and O–H groups in total. The van der Waals surface area contributed by atoms with Crippen molar-refractivity contribution in [3.8, 4) is 0 Å². The number of hydrogen-bond acceptors (Lipinski definition) is 1. The lowest BCUT2D eigenvalue weighted by molar-refractivity contribution is 0.429. The molecule has 1 aliphatic carbocycles. The summed E-state index contributed by atoms with van der Waals surface area (Å²) in [7, 11) is 0. The lowest BCUT2D eigenvalue weighted by Crippen LogP contribution is -2.30. The van der Waals surface area contributed by atoms with Crippen LogP contribution in [-0.2, 0) is 0 Å². The van der Waals surface area contributed by atoms with Crippen LogP contribution in [0, 0.1) is 16.7 Å². The smallest absolute Gasteiger partial charge is 0.0545 e. The number of allylic oxidation sites excluding steroid dienone is 3. The molecular formula is C16H25N. The standard InChI is InChI=1S/C16H25N/c1-15(2,3)13-11-9-7-8-10-12(11)17-14(13)16(4,5)6/h7-12,17H,1-6H3. The van der Waals surface area contributed by atoms with Crippen molar-refractivity contribution in [3.05, 3.63) is 35.6 Å². The van der Waals surface area contributed by atoms with E-state index in [4.69, 9.17) is 0 Å². The Hall–Kier alpha value is -0.980. The minimum atomic E-state index is 0.196. The van der Waals surface area contributed by atoms with Crippen molar-refractivity contribution in [2.45, 2.75) is 47.6 Å². The van der Waals surface area contributed by atoms with E-state index in [-0.39, 0.29) is 10.8 Å². The zero-order valence-corrected chi connectivity index (χ0v) is 12.0. The van der Waals surface area contributed by atoms with Gasteiger partial charge in [0.25, 0.3) is 0 Å². The summed E-state index contributed by atoms with van der Waals surface area (Å²) in [6.07, 6.45) is 8.96. The van der Waals surface area contributed by atoms with E-state index in [0.29, 0.717) is 12.0 Å². The Morgan fingerprint density at radius 1 is 0.882 bits per heavy atom. The van der Waals surface area contributed by atoms with Crippen LogP contribution in [0.4, 0.5) is 0 Å². The fraction of sp³-hybridized carbons (Fsp3) is 0.625. The molecule has 0 fully saturated rings. The summed E-state index contributed by atoms with van der Waals surface area (Å²) in [6, 6.07) is 0.462. The van der Waals surface area contributed by atoms with Crippen LogP contribution < -0.4 is 5.32 Å². The van der Waals surface area contributed by atoms with E-state index < -0.39 is 0 Å². The van der Waals surface area contributed by atoms with Gasteiger partial charge in [-0.25, -0.2) is 0 Å². The first-order valence-electron chi connectivity index (χ1n) is 6.58. The minimum absolute atomic E-state index is 0.196. The van der Waals surface area contributed by atoms with Gasteiger partial charge in [-0.1, -0.05) is 65.8 Å². The molecule has 0 aromatic rings. The molecule has 1 aliphatic heterocycles. The fourth-order valence-electron chi connectivity index (χ4n) is 2.93. The molecule has 0 aromatic carbocycles. The van der Waals surface area contributed by atoms with Gasteiger partial charge in [0, 0.05) is 17.0 Å². The zero-order valence-electron chi connectivity index (χ0n) is 12.0. The third-order valence-corrected chi connectivity index (χ3v) is 3.61. The van der Waals surface area contributed by atoms with Gasteiger partial charge in [-0.3, -0.25) is 0 Å². The van der Waals surface area contributed by atoms with Gasteiger partial charge in [-0.15, -0.1) is 0 Å². The van der Waals surface area contributed by atoms with Gasteiger partial charge >= 0.3 is 0 Å². The summed E-state index contributed by atoms with van der Waals surface area (Å²) >= 11 is 0. The van der Waals surface area contributed by atoms with Crippen molar-refractivity contribution < 1.29 is 0 Å². The molecule has 2 rings (SSSR count). The van der Waals surface area contributed by atoms with Gasteiger partial charge in [0.1, 0.15) is 0 Å². The van der Waals surface area contributed by atoms with E-state index in [0.717, 1.165) is 0 Å². The predicted octanol–water partition coefficient (Wildman–Crippen LogP) is 4.05. The number of nitrogens with one attached hydrogen (secondary N) is 1. The fourth-order valence-corrected chi connectivity index (χ4v) is 2.93. The highest BCUT2D eigenvalue weighted by Crippen LogP contribution is 2.46. The van der Waals surface area contributed by atoms with E-state index in [2.05, 4.69) is 71.2 Å². The van der Waals surface area contributed by atoms with Crippen LogP contribution in [0.15, 0.2) is 35.6 Å². The number of fused-ring (bicyclic) bond motifs is 1. The highest BCUT2D eigenvalue weighted by atomic mass is 15.0. The van der Waals surface area contributed by atoms with Crippen molar-refractivity contribution in [2.75, 3.05) is 0 Å². The molecule has 2 atom stereocenters. The van der Waals surface area contributed by atoms with E-state index >= 15 is 0 Å². The average molecular weight is 231 g/mol. The average Bonchev–Trinajstić information content (AvgIpc) is 2.54. The second-order valence-electron chi connectivity index (χ2n) is 7.25. The molecule has 94 valence electrons. The van der Waals surface area contributed by atoms with Crippen LogP contribution in [0.25, 0.3) is 0 Å². The number of rotatable bonds is 0. The Labute approximate surface area is 106 Å². The van der Waals surface area contributed by atoms with Crippen LogP contribution in [0.1, 0.15) is 41.5 Å². The normalized spacial score (nSPS) is 28.4. The molecule has 0 spiro atoms. The third kappa shape index (κ3) is 2.20. The third-order valence-electron chi connectivity index (χ3n) is 3.61. The first-order valence-corrected chi connectivity index (χ1v) is 6.58. The van der Waals surface area contributed by atoms with Gasteiger partial charge in [0.05, 0.1) is 6.04 Å². The topological polar surface area (TPSA) is 12.0 Å². The monoisotopic (exact) mass is 231 g/mol. The van der Waals surface area contributed by atoms with Crippen LogP contribution in [-0.4, -0.2) is 6.04 Å². The molecular weight excluding hydrogens is 206 g/mol. The van der Waals surface area contributed by atoms with E-state index in [1.165, 1.54) is 5.70 Å². The molecule has 0 radical (unpaired) electrons. The van der Waals surface area contributed by atoms with Gasteiger partial charge in [0.15, 0.2) is 0 Å². The molecule has 1 heteroatoms. The Morgan fingerprint density at radius 2 is 1.47 bits per heavy atom. The quantitative estimate of drug-likeness (QED) is 0.663. The second kappa shape index (κ2) is 3.76. The lowest BCUT2D eigenvalue weighted by Gasteiger charge is -2.30. The highest BCUT2D eigenvalue weighted by molar-refractivity contribution is 5.40. The first kappa shape index (κ1) is 12.5. The van der Waals surface area contributed by atoms with Crippen LogP contribution >= 0.6 is 0 Å². The zero-order chi connectivity index (χ0) is 12.8. The van der Waals surface area contributed by atoms with E-state index in [9.17, 15) is 0 Å². The first-order chi connectivity index (χ1) is 7.71. The lowest BCUT2D eigenvalue weighted by atomic mass is 9.73. The van der Waals surface area contributed by atoms with Gasteiger partial charge in [-0.05, 0) is 11.0 Å². The molecule has 0 saturated heterocycles. The Bertz CT molecular complexity index is 396. The van der Waals surface area contributed by atoms with Crippen molar-refractivity contribution in [1.29, 1.82) is 0 Å². The maximum atomic E-state index is 3.73. The second-order valence-corrected chi connectivity index (χ2v) is 7.25. The number of hydrogen-bond donors (Lipinski definition) is 1. The molecule has 2 unspecified atom stereocenters. The van der Waals surface area contributed by atoms with E-state index in [1.807, 2.05) is 0 Å². The maximum Gasteiger partial charge on any atom is 0.0545 e. The van der Waals surface area contributed by atoms with Crippen molar-refractivity contribution in [1.82, 2.24) is 5.32 Å². The van der Waals surface area contributed by atoms with Crippen molar-refractivity contribution >= 4 is 0 Å². The Balaban J connectivity index is 2.50. The molecule has 17 heavy (non-hydrogen) atoms. The van der Waals surface area contributed by atoms with Crippen LogP contribution in [0.3, 0.4) is 0 Å². The molecule has 2 aliphatic rings. The predicted molar refractivity (Wildman–Crippen MR) is 74.6 cm³/mol. The summed E-state index contributed by atoms with van der Waals surface area (Å²) in [4.78, 5) is 0. The maximum absolute atomic E-state index is 3.73. The van der Waals surface area contributed by atoms with Crippen molar-refractivity contribution in [2.24, 2.45) is 16.7 Å². The summed E-state index contributed by atoms with van der Waals surface area (Å²) in [5.74, 6) is 0.536. The van der Waals surface area contributed by atoms with Gasteiger partial charge in [0.2, 0.25) is 0 Å².